The molecule has 0 aromatic heterocycles. The van der Waals surface area contributed by atoms with Crippen LogP contribution in [-0.2, 0) is 14.3 Å². The molecule has 2 saturated carbocycles. The van der Waals surface area contributed by atoms with Crippen molar-refractivity contribution in [2.24, 2.45) is 23.2 Å². The summed E-state index contributed by atoms with van der Waals surface area (Å²) in [6.07, 6.45) is 3.62. The summed E-state index contributed by atoms with van der Waals surface area (Å²) in [5.74, 6) is 1.99. The number of esters is 1. The van der Waals surface area contributed by atoms with Crippen LogP contribution in [0.5, 0.6) is 0 Å². The molecule has 0 radical (unpaired) electrons. The van der Waals surface area contributed by atoms with Crippen LogP contribution < -0.4 is 25.0 Å². The van der Waals surface area contributed by atoms with Crippen LogP contribution in [0.4, 0.5) is 0 Å². The molecule has 114 valence electrons. The number of nitrogens with one attached hydrogen (secondary N) is 1. The van der Waals surface area contributed by atoms with Gasteiger partial charge in [-0.25, -0.2) is 0 Å². The Labute approximate surface area is 143 Å². The average Bonchev–Trinajstić information content (AvgIpc) is 2.99. The van der Waals surface area contributed by atoms with Gasteiger partial charge in [-0.15, -0.1) is 0 Å². The Morgan fingerprint density at radius 1 is 1.55 bits per heavy atom. The number of hydrogen-bond acceptors (Lipinski definition) is 4. The number of hydrogen-bond donors (Lipinski definition) is 1. The van der Waals surface area contributed by atoms with E-state index < -0.39 is 3.42 Å². The standard InChI is InChI=1S/C14H20I2NO3/c1-13-8-4-3-7(5-8)9(13)6-19-12(13)20-11(18)14(2,15)10-16-17-10/h7-10,12,17H,3-6H2,1-2H3/q-1. The van der Waals surface area contributed by atoms with Gasteiger partial charge in [0, 0.05) is 0 Å². The summed E-state index contributed by atoms with van der Waals surface area (Å²) in [6, 6.07) is 0. The fourth-order valence-electron chi connectivity index (χ4n) is 4.52. The van der Waals surface area contributed by atoms with Crippen molar-refractivity contribution < 1.29 is 35.7 Å². The molecule has 4 rings (SSSR count). The molecule has 2 bridgehead atoms. The van der Waals surface area contributed by atoms with Crippen molar-refractivity contribution in [2.75, 3.05) is 6.61 Å². The van der Waals surface area contributed by atoms with Gasteiger partial charge in [0.15, 0.2) is 0 Å². The molecule has 2 aliphatic heterocycles. The normalized spacial score (nSPS) is 52.0. The minimum absolute atomic E-state index is 0.00243. The fraction of sp³-hybridized carbons (Fsp3) is 0.929. The minimum atomic E-state index is -0.430. The first-order valence-corrected chi connectivity index (χ1v) is 10.7. The van der Waals surface area contributed by atoms with Crippen molar-refractivity contribution in [1.29, 1.82) is 0 Å². The number of fused-ring (bicyclic) bond motifs is 5. The number of halogens is 2. The summed E-state index contributed by atoms with van der Waals surface area (Å²) < 4.78 is 15.0. The van der Waals surface area contributed by atoms with E-state index in [-0.39, 0.29) is 39.2 Å². The van der Waals surface area contributed by atoms with E-state index in [2.05, 4.69) is 33.0 Å². The van der Waals surface area contributed by atoms with Gasteiger partial charge in [0.1, 0.15) is 0 Å². The number of carbonyl (C=O) groups is 1. The number of rotatable bonds is 3. The first kappa shape index (κ1) is 14.4. The van der Waals surface area contributed by atoms with E-state index in [0.29, 0.717) is 15.9 Å². The number of ether oxygens (including phenoxy) is 2. The van der Waals surface area contributed by atoms with E-state index in [9.17, 15) is 4.79 Å². The van der Waals surface area contributed by atoms with Crippen LogP contribution in [0.1, 0.15) is 33.1 Å². The molecule has 7 unspecified atom stereocenters. The van der Waals surface area contributed by atoms with E-state index in [1.165, 1.54) is 19.3 Å². The molecule has 1 N–H and O–H groups in total. The Balaban J connectivity index is 1.51. The summed E-state index contributed by atoms with van der Waals surface area (Å²) in [7, 11) is 0. The predicted octanol–water partition coefficient (Wildman–Crippen LogP) is -0.935. The molecule has 0 amide bonds. The molecule has 4 nitrogen and oxygen atoms in total. The molecule has 0 spiro atoms. The second-order valence-corrected chi connectivity index (χ2v) is 11.7. The molecule has 7 atom stereocenters. The number of carbonyl (C=O) groups excluding carboxylic acids is 1. The van der Waals surface area contributed by atoms with Gasteiger partial charge in [0.05, 0.1) is 0 Å². The van der Waals surface area contributed by atoms with E-state index >= 15 is 0 Å². The van der Waals surface area contributed by atoms with E-state index in [4.69, 9.17) is 9.47 Å². The Morgan fingerprint density at radius 2 is 2.30 bits per heavy atom. The van der Waals surface area contributed by atoms with Gasteiger partial charge < -0.3 is 0 Å². The van der Waals surface area contributed by atoms with Crippen LogP contribution in [0, 0.1) is 23.2 Å². The zero-order chi connectivity index (χ0) is 14.1. The second kappa shape index (κ2) is 4.67. The zero-order valence-corrected chi connectivity index (χ0v) is 16.0. The van der Waals surface area contributed by atoms with Crippen LogP contribution >= 0.6 is 22.6 Å². The van der Waals surface area contributed by atoms with Gasteiger partial charge in [0.2, 0.25) is 0 Å². The van der Waals surface area contributed by atoms with Crippen LogP contribution in [0.2, 0.25) is 0 Å². The fourth-order valence-corrected chi connectivity index (χ4v) is 7.83. The summed E-state index contributed by atoms with van der Waals surface area (Å²) >= 11 is 2.25. The van der Waals surface area contributed by atoms with Crippen molar-refractivity contribution >= 4 is 28.6 Å². The summed E-state index contributed by atoms with van der Waals surface area (Å²) in [5.41, 5.74) is 0.0668. The third kappa shape index (κ3) is 1.93. The number of alkyl halides is 2. The zero-order valence-electron chi connectivity index (χ0n) is 11.7. The maximum absolute atomic E-state index is 12.5. The van der Waals surface area contributed by atoms with Crippen molar-refractivity contribution in [3.05, 3.63) is 0 Å². The Hall–Kier alpha value is 0.850. The molecule has 20 heavy (non-hydrogen) atoms. The first-order valence-electron chi connectivity index (χ1n) is 7.33. The maximum atomic E-state index is 12.5. The molecule has 4 fully saturated rings. The van der Waals surface area contributed by atoms with Crippen molar-refractivity contribution in [1.82, 2.24) is 3.53 Å². The SMILES string of the molecule is CC(I)(C(=O)OC1OCC2C3CCC(C3)C12C)C1N[I-]1. The molecule has 4 aliphatic rings. The van der Waals surface area contributed by atoms with Gasteiger partial charge in [-0.1, -0.05) is 0 Å². The molecule has 2 aliphatic carbocycles. The van der Waals surface area contributed by atoms with E-state index in [1.807, 2.05) is 6.92 Å². The van der Waals surface area contributed by atoms with Crippen molar-refractivity contribution in [3.8, 4) is 0 Å². The van der Waals surface area contributed by atoms with Gasteiger partial charge in [-0.05, 0) is 0 Å². The van der Waals surface area contributed by atoms with E-state index in [1.54, 1.807) is 0 Å². The molecule has 6 heteroatoms. The summed E-state index contributed by atoms with van der Waals surface area (Å²) in [5, 5.41) is 0. The predicted molar refractivity (Wildman–Crippen MR) is 77.6 cm³/mol. The quantitative estimate of drug-likeness (QED) is 0.135. The average molecular weight is 504 g/mol. The van der Waals surface area contributed by atoms with Crippen molar-refractivity contribution in [3.63, 3.8) is 0 Å². The third-order valence-electron chi connectivity index (χ3n) is 5.96. The van der Waals surface area contributed by atoms with Crippen molar-refractivity contribution in [2.45, 2.75) is 46.9 Å². The summed E-state index contributed by atoms with van der Waals surface area (Å²) in [4.78, 5) is 12.5. The molecule has 2 heterocycles. The summed E-state index contributed by atoms with van der Waals surface area (Å²) in [6.45, 7) is 5.05. The molecular weight excluding hydrogens is 484 g/mol. The third-order valence-corrected chi connectivity index (χ3v) is 10.7. The Kier molecular flexibility index (Phi) is 3.37. The van der Waals surface area contributed by atoms with Crippen LogP contribution in [0.25, 0.3) is 0 Å². The molecule has 2 saturated heterocycles. The van der Waals surface area contributed by atoms with Gasteiger partial charge >= 0.3 is 144 Å². The monoisotopic (exact) mass is 504 g/mol. The second-order valence-electron chi connectivity index (χ2n) is 6.97. The molecular formula is C14H20I2NO3-. The van der Waals surface area contributed by atoms with Crippen LogP contribution in [0.3, 0.4) is 0 Å². The van der Waals surface area contributed by atoms with Gasteiger partial charge in [0.25, 0.3) is 0 Å². The molecule has 0 aromatic carbocycles. The van der Waals surface area contributed by atoms with Gasteiger partial charge in [-0.3, -0.25) is 0 Å². The van der Waals surface area contributed by atoms with E-state index in [0.717, 1.165) is 12.5 Å². The topological polar surface area (TPSA) is 57.5 Å². The van der Waals surface area contributed by atoms with Crippen LogP contribution in [0.15, 0.2) is 0 Å². The first-order chi connectivity index (χ1) is 9.44. The van der Waals surface area contributed by atoms with Gasteiger partial charge in [-0.2, -0.15) is 0 Å². The Bertz CT molecular complexity index is 454. The van der Waals surface area contributed by atoms with Crippen LogP contribution in [-0.4, -0.2) is 26.3 Å². The Morgan fingerprint density at radius 3 is 3.00 bits per heavy atom. The molecule has 0 aromatic rings.